The second kappa shape index (κ2) is 7.15. The average Bonchev–Trinajstić information content (AvgIpc) is 3.17. The zero-order chi connectivity index (χ0) is 17.1. The summed E-state index contributed by atoms with van der Waals surface area (Å²) in [5.74, 6) is 1.40. The molecule has 1 unspecified atom stereocenters. The summed E-state index contributed by atoms with van der Waals surface area (Å²) in [5, 5.41) is 3.05. The fourth-order valence-corrected chi connectivity index (χ4v) is 3.49. The number of nitrogens with one attached hydrogen (secondary N) is 1. The number of fused-ring (bicyclic) bond motifs is 1. The lowest BCUT2D eigenvalue weighted by Crippen LogP contribution is -2.35. The van der Waals surface area contributed by atoms with Gasteiger partial charge in [-0.15, -0.1) is 0 Å². The van der Waals surface area contributed by atoms with Crippen LogP contribution in [0.1, 0.15) is 24.4 Å². The smallest absolute Gasteiger partial charge is 0.246 e. The van der Waals surface area contributed by atoms with Crippen LogP contribution in [0.5, 0.6) is 11.5 Å². The van der Waals surface area contributed by atoms with Crippen molar-refractivity contribution < 1.29 is 14.3 Å². The van der Waals surface area contributed by atoms with E-state index < -0.39 is 0 Å². The Morgan fingerprint density at radius 2 is 1.68 bits per heavy atom. The summed E-state index contributed by atoms with van der Waals surface area (Å²) < 4.78 is 11.1. The lowest BCUT2D eigenvalue weighted by molar-refractivity contribution is -0.121. The van der Waals surface area contributed by atoms with Crippen LogP contribution in [0.25, 0.3) is 0 Å². The molecule has 0 saturated carbocycles. The molecule has 2 heterocycles. The fourth-order valence-electron chi connectivity index (χ4n) is 3.49. The van der Waals surface area contributed by atoms with Crippen molar-refractivity contribution in [1.29, 1.82) is 0 Å². The summed E-state index contributed by atoms with van der Waals surface area (Å²) in [6.07, 6.45) is 2.28. The number of nitrogens with zero attached hydrogens (tertiary/aromatic N) is 1. The SMILES string of the molecule is O=C(Nc1ccc2c(c1)OCCO2)C(c1ccccc1)N1CCCC1. The normalized spacial score (nSPS) is 17.9. The highest BCUT2D eigenvalue weighted by molar-refractivity contribution is 5.95. The molecule has 0 bridgehead atoms. The Morgan fingerprint density at radius 1 is 0.960 bits per heavy atom. The van der Waals surface area contributed by atoms with Gasteiger partial charge in [-0.25, -0.2) is 0 Å². The minimum absolute atomic E-state index is 0.00946. The molecule has 1 amide bonds. The van der Waals surface area contributed by atoms with E-state index in [1.807, 2.05) is 48.5 Å². The van der Waals surface area contributed by atoms with Crippen LogP contribution < -0.4 is 14.8 Å². The van der Waals surface area contributed by atoms with Gasteiger partial charge in [0.2, 0.25) is 5.91 Å². The lowest BCUT2D eigenvalue weighted by Gasteiger charge is -2.27. The largest absolute Gasteiger partial charge is 0.486 e. The van der Waals surface area contributed by atoms with Gasteiger partial charge in [0, 0.05) is 11.8 Å². The Labute approximate surface area is 147 Å². The van der Waals surface area contributed by atoms with Gasteiger partial charge < -0.3 is 14.8 Å². The molecular weight excluding hydrogens is 316 g/mol. The number of amides is 1. The minimum Gasteiger partial charge on any atom is -0.486 e. The molecule has 1 fully saturated rings. The number of ether oxygens (including phenoxy) is 2. The van der Waals surface area contributed by atoms with Crippen molar-refractivity contribution in [2.45, 2.75) is 18.9 Å². The first kappa shape index (κ1) is 16.0. The third-order valence-corrected chi connectivity index (χ3v) is 4.68. The molecule has 5 heteroatoms. The van der Waals surface area contributed by atoms with E-state index in [0.29, 0.717) is 19.0 Å². The van der Waals surface area contributed by atoms with E-state index in [4.69, 9.17) is 9.47 Å². The average molecular weight is 338 g/mol. The van der Waals surface area contributed by atoms with Crippen LogP contribution in [0.4, 0.5) is 5.69 Å². The molecule has 25 heavy (non-hydrogen) atoms. The Bertz CT molecular complexity index is 742. The number of likely N-dealkylation sites (tertiary alicyclic amines) is 1. The van der Waals surface area contributed by atoms with Crippen LogP contribution in [-0.4, -0.2) is 37.1 Å². The molecule has 2 aliphatic heterocycles. The number of anilines is 1. The first-order valence-corrected chi connectivity index (χ1v) is 8.81. The molecule has 2 aromatic carbocycles. The molecular formula is C20H22N2O3. The van der Waals surface area contributed by atoms with Crippen molar-refractivity contribution in [2.24, 2.45) is 0 Å². The summed E-state index contributed by atoms with van der Waals surface area (Å²) in [7, 11) is 0. The van der Waals surface area contributed by atoms with Crippen molar-refractivity contribution >= 4 is 11.6 Å². The van der Waals surface area contributed by atoms with Crippen LogP contribution in [-0.2, 0) is 4.79 Å². The van der Waals surface area contributed by atoms with E-state index >= 15 is 0 Å². The summed E-state index contributed by atoms with van der Waals surface area (Å²) in [4.78, 5) is 15.3. The second-order valence-corrected chi connectivity index (χ2v) is 6.40. The standard InChI is InChI=1S/C20H22N2O3/c23-20(21-16-8-9-17-18(14-16)25-13-12-24-17)19(22-10-4-5-11-22)15-6-2-1-3-7-15/h1-3,6-9,14,19H,4-5,10-13H2,(H,21,23). The van der Waals surface area contributed by atoms with E-state index in [-0.39, 0.29) is 11.9 Å². The molecule has 2 aliphatic rings. The van der Waals surface area contributed by atoms with Gasteiger partial charge in [-0.05, 0) is 43.6 Å². The van der Waals surface area contributed by atoms with Crippen LogP contribution in [0.3, 0.4) is 0 Å². The molecule has 130 valence electrons. The molecule has 0 spiro atoms. The monoisotopic (exact) mass is 338 g/mol. The topological polar surface area (TPSA) is 50.8 Å². The molecule has 1 saturated heterocycles. The van der Waals surface area contributed by atoms with Crippen LogP contribution >= 0.6 is 0 Å². The van der Waals surface area contributed by atoms with Gasteiger partial charge in [-0.3, -0.25) is 9.69 Å². The molecule has 4 rings (SSSR count). The predicted molar refractivity (Wildman–Crippen MR) is 96.1 cm³/mol. The van der Waals surface area contributed by atoms with E-state index in [1.165, 1.54) is 0 Å². The lowest BCUT2D eigenvalue weighted by atomic mass is 10.0. The molecule has 5 nitrogen and oxygen atoms in total. The van der Waals surface area contributed by atoms with Gasteiger partial charge in [0.1, 0.15) is 19.3 Å². The number of rotatable bonds is 4. The Morgan fingerprint density at radius 3 is 2.44 bits per heavy atom. The van der Waals surface area contributed by atoms with Crippen molar-refractivity contribution in [3.05, 3.63) is 54.1 Å². The molecule has 1 N–H and O–H groups in total. The predicted octanol–water partition coefficient (Wildman–Crippen LogP) is 3.23. The fraction of sp³-hybridized carbons (Fsp3) is 0.350. The van der Waals surface area contributed by atoms with Crippen LogP contribution in [0.15, 0.2) is 48.5 Å². The van der Waals surface area contributed by atoms with E-state index in [1.54, 1.807) is 0 Å². The molecule has 2 aromatic rings. The Balaban J connectivity index is 1.56. The third kappa shape index (κ3) is 3.46. The second-order valence-electron chi connectivity index (χ2n) is 6.40. The first-order chi connectivity index (χ1) is 12.3. The minimum atomic E-state index is -0.267. The Kier molecular flexibility index (Phi) is 4.57. The summed E-state index contributed by atoms with van der Waals surface area (Å²) >= 11 is 0. The highest BCUT2D eigenvalue weighted by Crippen LogP contribution is 2.33. The highest BCUT2D eigenvalue weighted by Gasteiger charge is 2.29. The van der Waals surface area contributed by atoms with Crippen molar-refractivity contribution in [3.8, 4) is 11.5 Å². The molecule has 0 radical (unpaired) electrons. The maximum absolute atomic E-state index is 13.0. The highest BCUT2D eigenvalue weighted by atomic mass is 16.6. The van der Waals surface area contributed by atoms with Crippen LogP contribution in [0, 0.1) is 0 Å². The Hall–Kier alpha value is -2.53. The van der Waals surface area contributed by atoms with Crippen molar-refractivity contribution in [2.75, 3.05) is 31.6 Å². The van der Waals surface area contributed by atoms with Gasteiger partial charge in [0.25, 0.3) is 0 Å². The zero-order valence-corrected chi connectivity index (χ0v) is 14.1. The number of hydrogen-bond donors (Lipinski definition) is 1. The number of benzene rings is 2. The van der Waals surface area contributed by atoms with Crippen molar-refractivity contribution in [3.63, 3.8) is 0 Å². The quantitative estimate of drug-likeness (QED) is 0.930. The zero-order valence-electron chi connectivity index (χ0n) is 14.1. The van der Waals surface area contributed by atoms with Crippen molar-refractivity contribution in [1.82, 2.24) is 4.90 Å². The molecule has 0 aromatic heterocycles. The van der Waals surface area contributed by atoms with E-state index in [9.17, 15) is 4.79 Å². The summed E-state index contributed by atoms with van der Waals surface area (Å²) in [5.41, 5.74) is 1.76. The van der Waals surface area contributed by atoms with Gasteiger partial charge >= 0.3 is 0 Å². The molecule has 1 atom stereocenters. The number of hydrogen-bond acceptors (Lipinski definition) is 4. The van der Waals surface area contributed by atoms with Gasteiger partial charge in [-0.1, -0.05) is 30.3 Å². The van der Waals surface area contributed by atoms with Gasteiger partial charge in [0.15, 0.2) is 11.5 Å². The molecule has 0 aliphatic carbocycles. The van der Waals surface area contributed by atoms with Gasteiger partial charge in [0.05, 0.1) is 0 Å². The van der Waals surface area contributed by atoms with Gasteiger partial charge in [-0.2, -0.15) is 0 Å². The summed E-state index contributed by atoms with van der Waals surface area (Å²) in [6.45, 7) is 3.00. The maximum Gasteiger partial charge on any atom is 0.246 e. The number of carbonyl (C=O) groups excluding carboxylic acids is 1. The first-order valence-electron chi connectivity index (χ1n) is 8.81. The van der Waals surface area contributed by atoms with E-state index in [0.717, 1.165) is 42.9 Å². The number of carbonyl (C=O) groups is 1. The maximum atomic E-state index is 13.0. The van der Waals surface area contributed by atoms with E-state index in [2.05, 4.69) is 10.2 Å². The summed E-state index contributed by atoms with van der Waals surface area (Å²) in [6, 6.07) is 15.2. The van der Waals surface area contributed by atoms with Crippen LogP contribution in [0.2, 0.25) is 0 Å². The third-order valence-electron chi connectivity index (χ3n) is 4.68.